The minimum atomic E-state index is 0.427. The van der Waals surface area contributed by atoms with Gasteiger partial charge in [0.15, 0.2) is 6.29 Å². The Hall–Kier alpha value is -2.23. The molecule has 16 heavy (non-hydrogen) atoms. The molecule has 2 aromatic rings. The molecule has 0 saturated heterocycles. The van der Waals surface area contributed by atoms with Gasteiger partial charge < -0.3 is 5.32 Å². The molecule has 0 unspecified atom stereocenters. The topological polar surface area (TPSA) is 54.9 Å². The van der Waals surface area contributed by atoms with Gasteiger partial charge in [-0.05, 0) is 31.2 Å². The second-order valence-corrected chi connectivity index (χ2v) is 3.40. The molecule has 0 aliphatic rings. The number of hydrogen-bond acceptors (Lipinski definition) is 4. The summed E-state index contributed by atoms with van der Waals surface area (Å²) in [5.41, 5.74) is 3.17. The maximum Gasteiger partial charge on any atom is 0.168 e. The zero-order valence-corrected chi connectivity index (χ0v) is 8.84. The van der Waals surface area contributed by atoms with Crippen LogP contribution in [0.4, 0.5) is 11.4 Å². The minimum absolute atomic E-state index is 0.427. The van der Waals surface area contributed by atoms with E-state index in [0.717, 1.165) is 23.4 Å². The Labute approximate surface area is 93.4 Å². The highest BCUT2D eigenvalue weighted by molar-refractivity contribution is 5.72. The van der Waals surface area contributed by atoms with Crippen LogP contribution in [0.5, 0.6) is 0 Å². The Kier molecular flexibility index (Phi) is 2.91. The predicted molar refractivity (Wildman–Crippen MR) is 61.9 cm³/mol. The molecule has 2 aromatic heterocycles. The molecule has 0 atom stereocenters. The Morgan fingerprint density at radius 1 is 1.19 bits per heavy atom. The number of anilines is 2. The van der Waals surface area contributed by atoms with Crippen LogP contribution in [0.1, 0.15) is 16.2 Å². The van der Waals surface area contributed by atoms with Gasteiger partial charge in [0.1, 0.15) is 5.69 Å². The molecular formula is C12H11N3O. The monoisotopic (exact) mass is 213 g/mol. The summed E-state index contributed by atoms with van der Waals surface area (Å²) in [5.74, 6) is 0. The van der Waals surface area contributed by atoms with E-state index in [1.807, 2.05) is 25.1 Å². The molecule has 0 aliphatic carbocycles. The van der Waals surface area contributed by atoms with Crippen molar-refractivity contribution >= 4 is 17.7 Å². The molecule has 0 bridgehead atoms. The summed E-state index contributed by atoms with van der Waals surface area (Å²) in [4.78, 5) is 18.5. The number of nitrogens with zero attached hydrogens (tertiary/aromatic N) is 2. The molecular weight excluding hydrogens is 202 g/mol. The second-order valence-electron chi connectivity index (χ2n) is 3.40. The van der Waals surface area contributed by atoms with Gasteiger partial charge in [-0.2, -0.15) is 0 Å². The number of pyridine rings is 2. The van der Waals surface area contributed by atoms with Gasteiger partial charge in [-0.25, -0.2) is 0 Å². The fourth-order valence-corrected chi connectivity index (χ4v) is 1.34. The van der Waals surface area contributed by atoms with E-state index in [2.05, 4.69) is 15.3 Å². The predicted octanol–water partition coefficient (Wildman–Crippen LogP) is 2.34. The van der Waals surface area contributed by atoms with Gasteiger partial charge in [-0.1, -0.05) is 0 Å². The van der Waals surface area contributed by atoms with Gasteiger partial charge in [0.25, 0.3) is 0 Å². The summed E-state index contributed by atoms with van der Waals surface area (Å²) in [5, 5.41) is 3.18. The lowest BCUT2D eigenvalue weighted by Crippen LogP contribution is -1.94. The van der Waals surface area contributed by atoms with Crippen LogP contribution in [0.15, 0.2) is 36.7 Å². The number of carbonyl (C=O) groups is 1. The molecule has 0 aromatic carbocycles. The number of nitrogens with one attached hydrogen (secondary N) is 1. The second kappa shape index (κ2) is 4.53. The highest BCUT2D eigenvalue weighted by Crippen LogP contribution is 2.15. The quantitative estimate of drug-likeness (QED) is 0.795. The van der Waals surface area contributed by atoms with Crippen molar-refractivity contribution in [3.8, 4) is 0 Å². The third-order valence-electron chi connectivity index (χ3n) is 2.09. The van der Waals surface area contributed by atoms with E-state index in [9.17, 15) is 4.79 Å². The first-order valence-corrected chi connectivity index (χ1v) is 4.89. The van der Waals surface area contributed by atoms with Crippen LogP contribution < -0.4 is 5.32 Å². The van der Waals surface area contributed by atoms with Gasteiger partial charge in [0, 0.05) is 17.6 Å². The van der Waals surface area contributed by atoms with Crippen LogP contribution in [-0.2, 0) is 0 Å². The van der Waals surface area contributed by atoms with Crippen molar-refractivity contribution < 1.29 is 4.79 Å². The number of aldehydes is 1. The number of carbonyl (C=O) groups excluding carboxylic acids is 1. The number of hydrogen-bond donors (Lipinski definition) is 1. The molecule has 0 aliphatic heterocycles. The Morgan fingerprint density at radius 2 is 2.06 bits per heavy atom. The lowest BCUT2D eigenvalue weighted by atomic mass is 10.3. The minimum Gasteiger partial charge on any atom is -0.354 e. The molecule has 2 heterocycles. The van der Waals surface area contributed by atoms with Crippen LogP contribution in [0.25, 0.3) is 0 Å². The van der Waals surface area contributed by atoms with E-state index in [1.54, 1.807) is 18.5 Å². The van der Waals surface area contributed by atoms with Crippen molar-refractivity contribution in [2.75, 3.05) is 5.32 Å². The average molecular weight is 213 g/mol. The molecule has 0 radical (unpaired) electrons. The lowest BCUT2D eigenvalue weighted by Gasteiger charge is -2.05. The van der Waals surface area contributed by atoms with E-state index in [1.165, 1.54) is 0 Å². The summed E-state index contributed by atoms with van der Waals surface area (Å²) in [6, 6.07) is 7.30. The molecule has 0 spiro atoms. The summed E-state index contributed by atoms with van der Waals surface area (Å²) in [6.07, 6.45) is 4.09. The van der Waals surface area contributed by atoms with Crippen molar-refractivity contribution in [1.29, 1.82) is 0 Å². The third kappa shape index (κ3) is 2.42. The fourth-order valence-electron chi connectivity index (χ4n) is 1.34. The van der Waals surface area contributed by atoms with Gasteiger partial charge in [-0.15, -0.1) is 0 Å². The highest BCUT2D eigenvalue weighted by atomic mass is 16.1. The molecule has 0 amide bonds. The Balaban J connectivity index is 2.17. The van der Waals surface area contributed by atoms with Crippen molar-refractivity contribution in [1.82, 2.24) is 9.97 Å². The first-order chi connectivity index (χ1) is 7.78. The van der Waals surface area contributed by atoms with E-state index in [0.29, 0.717) is 5.69 Å². The van der Waals surface area contributed by atoms with Crippen molar-refractivity contribution in [3.63, 3.8) is 0 Å². The molecule has 4 heteroatoms. The van der Waals surface area contributed by atoms with E-state index in [-0.39, 0.29) is 0 Å². The Bertz CT molecular complexity index is 494. The van der Waals surface area contributed by atoms with Gasteiger partial charge in [0.05, 0.1) is 11.9 Å². The number of rotatable bonds is 3. The van der Waals surface area contributed by atoms with Crippen molar-refractivity contribution in [2.45, 2.75) is 6.92 Å². The molecule has 1 N–H and O–H groups in total. The standard InChI is InChI=1S/C12H11N3O/c1-9-6-10(4-5-13-9)15-11-2-3-12(8-16)14-7-11/h2-8H,1H3,(H,13,15). The van der Waals surface area contributed by atoms with Crippen LogP contribution in [0.2, 0.25) is 0 Å². The largest absolute Gasteiger partial charge is 0.354 e. The van der Waals surface area contributed by atoms with Gasteiger partial charge in [-0.3, -0.25) is 14.8 Å². The molecule has 2 rings (SSSR count). The maximum absolute atomic E-state index is 10.4. The van der Waals surface area contributed by atoms with Crippen molar-refractivity contribution in [3.05, 3.63) is 48.0 Å². The summed E-state index contributed by atoms with van der Waals surface area (Å²) >= 11 is 0. The maximum atomic E-state index is 10.4. The first kappa shape index (κ1) is 10.3. The molecule has 4 nitrogen and oxygen atoms in total. The summed E-state index contributed by atoms with van der Waals surface area (Å²) in [7, 11) is 0. The van der Waals surface area contributed by atoms with Gasteiger partial charge in [0.2, 0.25) is 0 Å². The molecule has 0 saturated carbocycles. The fraction of sp³-hybridized carbons (Fsp3) is 0.0833. The zero-order valence-electron chi connectivity index (χ0n) is 8.84. The third-order valence-corrected chi connectivity index (χ3v) is 2.09. The number of aryl methyl sites for hydroxylation is 1. The van der Waals surface area contributed by atoms with Crippen LogP contribution in [-0.4, -0.2) is 16.3 Å². The normalized spacial score (nSPS) is 9.81. The van der Waals surface area contributed by atoms with E-state index >= 15 is 0 Å². The summed E-state index contributed by atoms with van der Waals surface area (Å²) < 4.78 is 0. The van der Waals surface area contributed by atoms with Gasteiger partial charge >= 0.3 is 0 Å². The number of aromatic nitrogens is 2. The smallest absolute Gasteiger partial charge is 0.168 e. The zero-order chi connectivity index (χ0) is 11.4. The van der Waals surface area contributed by atoms with E-state index < -0.39 is 0 Å². The molecule has 0 fully saturated rings. The van der Waals surface area contributed by atoms with E-state index in [4.69, 9.17) is 0 Å². The van der Waals surface area contributed by atoms with Crippen LogP contribution >= 0.6 is 0 Å². The van der Waals surface area contributed by atoms with Crippen molar-refractivity contribution in [2.24, 2.45) is 0 Å². The Morgan fingerprint density at radius 3 is 2.69 bits per heavy atom. The molecule has 80 valence electrons. The SMILES string of the molecule is Cc1cc(Nc2ccc(C=O)nc2)ccn1. The summed E-state index contributed by atoms with van der Waals surface area (Å²) in [6.45, 7) is 1.93. The highest BCUT2D eigenvalue weighted by Gasteiger charge is 1.96. The van der Waals surface area contributed by atoms with Crippen LogP contribution in [0.3, 0.4) is 0 Å². The van der Waals surface area contributed by atoms with Crippen LogP contribution in [0, 0.1) is 6.92 Å². The average Bonchev–Trinajstić information content (AvgIpc) is 2.30. The first-order valence-electron chi connectivity index (χ1n) is 4.89. The lowest BCUT2D eigenvalue weighted by molar-refractivity contribution is 0.111.